The highest BCUT2D eigenvalue weighted by atomic mass is 16.2. The second-order valence-electron chi connectivity index (χ2n) is 9.53. The van der Waals surface area contributed by atoms with Crippen molar-refractivity contribution in [2.75, 3.05) is 54.8 Å². The molecular formula is C28H37N5O3. The van der Waals surface area contributed by atoms with Crippen LogP contribution in [0.15, 0.2) is 61.2 Å². The Labute approximate surface area is 213 Å². The van der Waals surface area contributed by atoms with E-state index >= 15 is 0 Å². The topological polar surface area (TPSA) is 85.0 Å². The third-order valence-corrected chi connectivity index (χ3v) is 5.97. The molecule has 8 nitrogen and oxygen atoms in total. The molecule has 0 saturated carbocycles. The molecule has 2 aromatic rings. The number of anilines is 3. The van der Waals surface area contributed by atoms with Crippen LogP contribution >= 0.6 is 0 Å². The molecular weight excluding hydrogens is 454 g/mol. The van der Waals surface area contributed by atoms with Gasteiger partial charge in [-0.2, -0.15) is 0 Å². The first-order valence-corrected chi connectivity index (χ1v) is 12.4. The van der Waals surface area contributed by atoms with Crippen molar-refractivity contribution in [2.24, 2.45) is 5.92 Å². The summed E-state index contributed by atoms with van der Waals surface area (Å²) in [5.74, 6) is -0.0677. The first kappa shape index (κ1) is 26.8. The maximum absolute atomic E-state index is 12.6. The first-order chi connectivity index (χ1) is 17.2. The van der Waals surface area contributed by atoms with Crippen LogP contribution < -0.4 is 15.5 Å². The van der Waals surface area contributed by atoms with Gasteiger partial charge in [0.2, 0.25) is 11.8 Å². The number of nitrogens with one attached hydrogen (secondary N) is 2. The molecule has 0 unspecified atom stereocenters. The van der Waals surface area contributed by atoms with Gasteiger partial charge >= 0.3 is 6.03 Å². The zero-order valence-corrected chi connectivity index (χ0v) is 21.5. The second-order valence-corrected chi connectivity index (χ2v) is 9.53. The number of hydrogen-bond acceptors (Lipinski definition) is 4. The predicted octanol–water partition coefficient (Wildman–Crippen LogP) is 4.35. The van der Waals surface area contributed by atoms with E-state index in [1.165, 1.54) is 4.90 Å². The van der Waals surface area contributed by atoms with Crippen LogP contribution in [0.5, 0.6) is 0 Å². The SMILES string of the molecule is C=CCN(CC(=O)Nc1ccc(N2CCN(C(=O)Nc3cccc(C)c3)CC2)cc1)C(=O)CC(C)C. The minimum absolute atomic E-state index is 0.00804. The highest BCUT2D eigenvalue weighted by molar-refractivity contribution is 5.94. The van der Waals surface area contributed by atoms with E-state index in [0.717, 1.165) is 30.0 Å². The number of carbonyl (C=O) groups excluding carboxylic acids is 3. The van der Waals surface area contributed by atoms with Crippen molar-refractivity contribution in [2.45, 2.75) is 27.2 Å². The average Bonchev–Trinajstić information content (AvgIpc) is 2.84. The number of nitrogens with zero attached hydrogens (tertiary/aromatic N) is 3. The molecule has 0 radical (unpaired) electrons. The van der Waals surface area contributed by atoms with Crippen molar-refractivity contribution in [3.8, 4) is 0 Å². The Balaban J connectivity index is 1.48. The van der Waals surface area contributed by atoms with Crippen LogP contribution in [-0.4, -0.2) is 66.9 Å². The summed E-state index contributed by atoms with van der Waals surface area (Å²) in [4.78, 5) is 43.1. The van der Waals surface area contributed by atoms with Crippen molar-refractivity contribution < 1.29 is 14.4 Å². The molecule has 2 N–H and O–H groups in total. The standard InChI is InChI=1S/C28H37N5O3/c1-5-13-33(27(35)18-21(2)3)20-26(34)29-23-9-11-25(12-10-23)31-14-16-32(17-15-31)28(36)30-24-8-6-7-22(4)19-24/h5-12,19,21H,1,13-18,20H2,2-4H3,(H,29,34)(H,30,36). The van der Waals surface area contributed by atoms with Gasteiger partial charge < -0.3 is 25.3 Å². The van der Waals surface area contributed by atoms with Crippen molar-refractivity contribution in [1.29, 1.82) is 0 Å². The minimum atomic E-state index is -0.241. The van der Waals surface area contributed by atoms with Crippen LogP contribution in [0.1, 0.15) is 25.8 Å². The average molecular weight is 492 g/mol. The molecule has 192 valence electrons. The molecule has 0 aromatic heterocycles. The molecule has 3 rings (SSSR count). The van der Waals surface area contributed by atoms with E-state index in [2.05, 4.69) is 22.1 Å². The van der Waals surface area contributed by atoms with Gasteiger partial charge in [0.15, 0.2) is 0 Å². The van der Waals surface area contributed by atoms with Gasteiger partial charge in [-0.25, -0.2) is 4.79 Å². The molecule has 1 aliphatic heterocycles. The number of piperazine rings is 1. The van der Waals surface area contributed by atoms with E-state index in [-0.39, 0.29) is 30.3 Å². The predicted molar refractivity (Wildman–Crippen MR) is 145 cm³/mol. The first-order valence-electron chi connectivity index (χ1n) is 12.4. The smallest absolute Gasteiger partial charge is 0.321 e. The number of carbonyl (C=O) groups is 3. The molecule has 1 saturated heterocycles. The van der Waals surface area contributed by atoms with Crippen LogP contribution in [0, 0.1) is 12.8 Å². The summed E-state index contributed by atoms with van der Waals surface area (Å²) in [6, 6.07) is 15.3. The van der Waals surface area contributed by atoms with Gasteiger partial charge in [-0.3, -0.25) is 9.59 Å². The third-order valence-electron chi connectivity index (χ3n) is 5.97. The van der Waals surface area contributed by atoms with Gasteiger partial charge in [-0.1, -0.05) is 32.1 Å². The lowest BCUT2D eigenvalue weighted by Gasteiger charge is -2.36. The number of aryl methyl sites for hydroxylation is 1. The molecule has 1 fully saturated rings. The van der Waals surface area contributed by atoms with Crippen molar-refractivity contribution >= 4 is 34.9 Å². The van der Waals surface area contributed by atoms with Crippen molar-refractivity contribution in [1.82, 2.24) is 9.80 Å². The van der Waals surface area contributed by atoms with Gasteiger partial charge in [0.1, 0.15) is 6.54 Å². The lowest BCUT2D eigenvalue weighted by Crippen LogP contribution is -2.50. The van der Waals surface area contributed by atoms with Crippen LogP contribution in [0.4, 0.5) is 21.9 Å². The van der Waals surface area contributed by atoms with Crippen molar-refractivity contribution in [3.63, 3.8) is 0 Å². The van der Waals surface area contributed by atoms with Gasteiger partial charge in [0.25, 0.3) is 0 Å². The Bertz CT molecular complexity index is 1060. The van der Waals surface area contributed by atoms with Gasteiger partial charge in [-0.05, 0) is 54.8 Å². The minimum Gasteiger partial charge on any atom is -0.368 e. The van der Waals surface area contributed by atoms with Crippen LogP contribution in [0.25, 0.3) is 0 Å². The summed E-state index contributed by atoms with van der Waals surface area (Å²) in [5.41, 5.74) is 3.62. The zero-order chi connectivity index (χ0) is 26.1. The summed E-state index contributed by atoms with van der Waals surface area (Å²) in [6.45, 7) is 12.7. The van der Waals surface area contributed by atoms with E-state index in [4.69, 9.17) is 0 Å². The zero-order valence-electron chi connectivity index (χ0n) is 21.5. The normalized spacial score (nSPS) is 13.3. The lowest BCUT2D eigenvalue weighted by molar-refractivity contribution is -0.134. The molecule has 1 heterocycles. The van der Waals surface area contributed by atoms with E-state index < -0.39 is 0 Å². The Morgan fingerprint density at radius 3 is 2.31 bits per heavy atom. The molecule has 2 aromatic carbocycles. The Morgan fingerprint density at radius 2 is 1.69 bits per heavy atom. The Kier molecular flexibility index (Phi) is 9.50. The molecule has 0 atom stereocenters. The summed E-state index contributed by atoms with van der Waals surface area (Å²) in [6.07, 6.45) is 2.03. The van der Waals surface area contributed by atoms with Gasteiger partial charge in [0.05, 0.1) is 0 Å². The monoisotopic (exact) mass is 491 g/mol. The largest absolute Gasteiger partial charge is 0.368 e. The van der Waals surface area contributed by atoms with Gasteiger partial charge in [0, 0.05) is 56.2 Å². The quantitative estimate of drug-likeness (QED) is 0.511. The lowest BCUT2D eigenvalue weighted by atomic mass is 10.1. The molecule has 4 amide bonds. The van der Waals surface area contributed by atoms with Crippen molar-refractivity contribution in [3.05, 3.63) is 66.7 Å². The molecule has 0 spiro atoms. The number of urea groups is 1. The fourth-order valence-electron chi connectivity index (χ4n) is 4.11. The van der Waals surface area contributed by atoms with Crippen LogP contribution in [-0.2, 0) is 9.59 Å². The Hall–Kier alpha value is -3.81. The summed E-state index contributed by atoms with van der Waals surface area (Å²) in [5, 5.41) is 5.84. The number of rotatable bonds is 9. The maximum atomic E-state index is 12.6. The van der Waals surface area contributed by atoms with E-state index in [0.29, 0.717) is 31.7 Å². The van der Waals surface area contributed by atoms with Gasteiger partial charge in [-0.15, -0.1) is 6.58 Å². The Morgan fingerprint density at radius 1 is 1.00 bits per heavy atom. The number of amides is 4. The fraction of sp³-hybridized carbons (Fsp3) is 0.393. The molecule has 0 bridgehead atoms. The molecule has 8 heteroatoms. The highest BCUT2D eigenvalue weighted by Crippen LogP contribution is 2.20. The molecule has 0 aliphatic carbocycles. The second kappa shape index (κ2) is 12.8. The number of hydrogen-bond donors (Lipinski definition) is 2. The van der Waals surface area contributed by atoms with Crippen LogP contribution in [0.2, 0.25) is 0 Å². The van der Waals surface area contributed by atoms with E-state index in [1.807, 2.05) is 74.2 Å². The molecule has 36 heavy (non-hydrogen) atoms. The van der Waals surface area contributed by atoms with Crippen LogP contribution in [0.3, 0.4) is 0 Å². The fourth-order valence-corrected chi connectivity index (χ4v) is 4.11. The summed E-state index contributed by atoms with van der Waals surface area (Å²) in [7, 11) is 0. The maximum Gasteiger partial charge on any atom is 0.321 e. The third kappa shape index (κ3) is 7.86. The van der Waals surface area contributed by atoms with E-state index in [1.54, 1.807) is 6.08 Å². The van der Waals surface area contributed by atoms with E-state index in [9.17, 15) is 14.4 Å². The molecule has 1 aliphatic rings. The highest BCUT2D eigenvalue weighted by Gasteiger charge is 2.22. The summed E-state index contributed by atoms with van der Waals surface area (Å²) >= 11 is 0. The number of benzene rings is 2. The summed E-state index contributed by atoms with van der Waals surface area (Å²) < 4.78 is 0.